The van der Waals surface area contributed by atoms with Crippen molar-refractivity contribution in [2.75, 3.05) is 4.31 Å². The summed E-state index contributed by atoms with van der Waals surface area (Å²) in [5, 5.41) is 9.47. The summed E-state index contributed by atoms with van der Waals surface area (Å²) in [6.45, 7) is 3.43. The molecule has 0 heterocycles. The van der Waals surface area contributed by atoms with Crippen LogP contribution < -0.4 is 9.04 Å². The van der Waals surface area contributed by atoms with E-state index in [2.05, 4.69) is 0 Å². The molecule has 3 aromatic rings. The maximum atomic E-state index is 13.7. The van der Waals surface area contributed by atoms with Gasteiger partial charge in [0.1, 0.15) is 24.2 Å². The lowest BCUT2D eigenvalue weighted by Crippen LogP contribution is -2.45. The molecule has 3 rings (SSSR count). The van der Waals surface area contributed by atoms with Gasteiger partial charge >= 0.3 is 5.97 Å². The number of hydrogen-bond acceptors (Lipinski definition) is 4. The molecule has 0 spiro atoms. The summed E-state index contributed by atoms with van der Waals surface area (Å²) in [6.07, 6.45) is 0. The van der Waals surface area contributed by atoms with E-state index in [1.165, 1.54) is 6.07 Å². The summed E-state index contributed by atoms with van der Waals surface area (Å²) in [6, 6.07) is 19.0. The number of benzene rings is 3. The van der Waals surface area contributed by atoms with Gasteiger partial charge in [-0.15, -0.1) is 0 Å². The van der Waals surface area contributed by atoms with E-state index < -0.39 is 29.2 Å². The lowest BCUT2D eigenvalue weighted by atomic mass is 10.0. The fourth-order valence-electron chi connectivity index (χ4n) is 3.32. The topological polar surface area (TPSA) is 89.9 Å². The van der Waals surface area contributed by atoms with Crippen LogP contribution in [0.2, 0.25) is 0 Å². The second kappa shape index (κ2) is 10.4. The van der Waals surface area contributed by atoms with E-state index in [-0.39, 0.29) is 18.1 Å². The van der Waals surface area contributed by atoms with Gasteiger partial charge in [-0.05, 0) is 47.4 Å². The van der Waals surface area contributed by atoms with Crippen LogP contribution in [0.25, 0.3) is 11.1 Å². The Bertz CT molecular complexity index is 1090. The average molecular weight is 457 g/mol. The zero-order valence-corrected chi connectivity index (χ0v) is 18.4. The van der Waals surface area contributed by atoms with Crippen LogP contribution in [0.1, 0.15) is 19.4 Å². The zero-order valence-electron chi connectivity index (χ0n) is 17.6. The number of nitrogens with zero attached hydrogens (tertiary/aromatic N) is 1. The molecule has 0 saturated heterocycles. The van der Waals surface area contributed by atoms with Gasteiger partial charge in [-0.25, -0.2) is 9.18 Å². The fraction of sp³-hybridized carbons (Fsp3) is 0.208. The monoisotopic (exact) mass is 456 g/mol. The van der Waals surface area contributed by atoms with Crippen molar-refractivity contribution in [3.05, 3.63) is 84.2 Å². The lowest BCUT2D eigenvalue weighted by molar-refractivity contribution is -0.139. The number of rotatable bonds is 9. The van der Waals surface area contributed by atoms with Gasteiger partial charge in [-0.2, -0.15) is 0 Å². The van der Waals surface area contributed by atoms with Gasteiger partial charge < -0.3 is 14.4 Å². The van der Waals surface area contributed by atoms with Gasteiger partial charge in [0, 0.05) is 22.5 Å². The third-order valence-corrected chi connectivity index (χ3v) is 5.72. The Hall–Kier alpha value is -3.23. The molecule has 2 atom stereocenters. The largest absolute Gasteiger partial charge is 0.755 e. The van der Waals surface area contributed by atoms with E-state index in [0.717, 1.165) is 15.4 Å². The van der Waals surface area contributed by atoms with Crippen molar-refractivity contribution in [1.29, 1.82) is 0 Å². The summed E-state index contributed by atoms with van der Waals surface area (Å²) >= 11 is -2.74. The summed E-state index contributed by atoms with van der Waals surface area (Å²) in [5.41, 5.74) is 2.42. The summed E-state index contributed by atoms with van der Waals surface area (Å²) < 4.78 is 43.7. The Labute approximate surface area is 188 Å². The van der Waals surface area contributed by atoms with Crippen molar-refractivity contribution in [3.63, 3.8) is 0 Å². The van der Waals surface area contributed by atoms with Crippen LogP contribution in [0.3, 0.4) is 0 Å². The van der Waals surface area contributed by atoms with Gasteiger partial charge in [0.05, 0.1) is 0 Å². The SMILES string of the molecule is CC(C)C(C(=O)O)N(c1ccc(-c2ccc(OCc3ccccc3F)cc2)cc1)S(=O)[O-]. The fourth-order valence-corrected chi connectivity index (χ4v) is 4.13. The molecule has 8 heteroatoms. The first kappa shape index (κ1) is 23.4. The number of carboxylic acids is 1. The van der Waals surface area contributed by atoms with Crippen molar-refractivity contribution in [3.8, 4) is 16.9 Å². The third-order valence-electron chi connectivity index (χ3n) is 4.96. The van der Waals surface area contributed by atoms with Crippen LogP contribution in [0.4, 0.5) is 10.1 Å². The molecule has 0 aliphatic carbocycles. The van der Waals surface area contributed by atoms with Crippen LogP contribution in [-0.2, 0) is 22.7 Å². The minimum Gasteiger partial charge on any atom is -0.755 e. The van der Waals surface area contributed by atoms with Crippen LogP contribution >= 0.6 is 0 Å². The molecule has 168 valence electrons. The zero-order chi connectivity index (χ0) is 23.3. The molecule has 0 amide bonds. The predicted molar refractivity (Wildman–Crippen MR) is 120 cm³/mol. The number of hydrogen-bond donors (Lipinski definition) is 1. The second-order valence-corrected chi connectivity index (χ2v) is 8.35. The molecule has 0 aromatic heterocycles. The molecule has 6 nitrogen and oxygen atoms in total. The number of anilines is 1. The van der Waals surface area contributed by atoms with Gasteiger partial charge in [-0.3, -0.25) is 8.51 Å². The number of carboxylic acid groups (broad SMARTS) is 1. The molecule has 3 aromatic carbocycles. The average Bonchev–Trinajstić information content (AvgIpc) is 2.76. The van der Waals surface area contributed by atoms with Crippen LogP contribution in [0.5, 0.6) is 5.75 Å². The molecule has 0 aliphatic rings. The van der Waals surface area contributed by atoms with E-state index in [9.17, 15) is 23.1 Å². The Morgan fingerprint density at radius 2 is 1.59 bits per heavy atom. The van der Waals surface area contributed by atoms with Gasteiger partial charge in [0.2, 0.25) is 0 Å². The van der Waals surface area contributed by atoms with Crippen molar-refractivity contribution in [2.45, 2.75) is 26.5 Å². The Kier molecular flexibility index (Phi) is 7.61. The quantitative estimate of drug-likeness (QED) is 0.468. The lowest BCUT2D eigenvalue weighted by Gasteiger charge is -2.34. The molecule has 0 bridgehead atoms. The normalized spacial score (nSPS) is 12.9. The highest BCUT2D eigenvalue weighted by molar-refractivity contribution is 7.80. The summed E-state index contributed by atoms with van der Waals surface area (Å²) in [7, 11) is 0. The molecule has 0 fully saturated rings. The molecule has 32 heavy (non-hydrogen) atoms. The van der Waals surface area contributed by atoms with E-state index in [1.54, 1.807) is 68.4 Å². The molecular formula is C24H23FNO5S-. The number of aliphatic carboxylic acids is 1. The number of carbonyl (C=O) groups is 1. The maximum Gasteiger partial charge on any atom is 0.327 e. The minimum atomic E-state index is -2.74. The Balaban J connectivity index is 1.74. The maximum absolute atomic E-state index is 13.7. The summed E-state index contributed by atoms with van der Waals surface area (Å²) in [5.74, 6) is -1.36. The first-order valence-corrected chi connectivity index (χ1v) is 11.0. The van der Waals surface area contributed by atoms with Gasteiger partial charge in [-0.1, -0.05) is 56.3 Å². The minimum absolute atomic E-state index is 0.115. The molecule has 0 radical (unpaired) electrons. The molecule has 0 aliphatic heterocycles. The van der Waals surface area contributed by atoms with E-state index in [0.29, 0.717) is 11.3 Å². The van der Waals surface area contributed by atoms with Crippen molar-refractivity contribution in [1.82, 2.24) is 0 Å². The molecule has 0 saturated carbocycles. The second-order valence-electron chi connectivity index (χ2n) is 7.52. The smallest absolute Gasteiger partial charge is 0.327 e. The van der Waals surface area contributed by atoms with E-state index in [1.807, 2.05) is 12.1 Å². The third kappa shape index (κ3) is 5.52. The van der Waals surface area contributed by atoms with Crippen LogP contribution in [0, 0.1) is 11.7 Å². The first-order chi connectivity index (χ1) is 15.3. The van der Waals surface area contributed by atoms with Crippen molar-refractivity contribution >= 4 is 22.9 Å². The predicted octanol–water partition coefficient (Wildman–Crippen LogP) is 4.78. The Morgan fingerprint density at radius 1 is 1.03 bits per heavy atom. The van der Waals surface area contributed by atoms with Crippen LogP contribution in [0.15, 0.2) is 72.8 Å². The Morgan fingerprint density at radius 3 is 2.09 bits per heavy atom. The van der Waals surface area contributed by atoms with E-state index >= 15 is 0 Å². The molecule has 1 N–H and O–H groups in total. The van der Waals surface area contributed by atoms with Crippen molar-refractivity contribution < 1.29 is 27.8 Å². The van der Waals surface area contributed by atoms with Crippen molar-refractivity contribution in [2.24, 2.45) is 5.92 Å². The summed E-state index contributed by atoms with van der Waals surface area (Å²) in [4.78, 5) is 11.6. The number of ether oxygens (including phenoxy) is 1. The first-order valence-electron chi connectivity index (χ1n) is 9.96. The standard InChI is InChI=1S/C24H24FNO5S/c1-16(2)23(24(27)28)26(32(29)30)20-11-7-17(8-12-20)18-9-13-21(14-10-18)31-15-19-5-3-4-6-22(19)25/h3-14,16,23H,15H2,1-2H3,(H,27,28)(H,29,30)/p-1. The molecular weight excluding hydrogens is 433 g/mol. The van der Waals surface area contributed by atoms with Gasteiger partial charge in [0.25, 0.3) is 0 Å². The highest BCUT2D eigenvalue weighted by atomic mass is 32.2. The van der Waals surface area contributed by atoms with Crippen LogP contribution in [-0.4, -0.2) is 25.9 Å². The molecule has 2 unspecified atom stereocenters. The number of halogens is 1. The highest BCUT2D eigenvalue weighted by Gasteiger charge is 2.30. The van der Waals surface area contributed by atoms with E-state index in [4.69, 9.17) is 4.74 Å². The highest BCUT2D eigenvalue weighted by Crippen LogP contribution is 2.28. The van der Waals surface area contributed by atoms with Gasteiger partial charge in [0.15, 0.2) is 0 Å².